The molecule has 0 aromatic heterocycles. The van der Waals surface area contributed by atoms with Crippen molar-refractivity contribution in [2.45, 2.75) is 65.1 Å². The van der Waals surface area contributed by atoms with Crippen molar-refractivity contribution in [1.29, 1.82) is 0 Å². The third kappa shape index (κ3) is 3.76. The van der Waals surface area contributed by atoms with Crippen molar-refractivity contribution in [3.63, 3.8) is 0 Å². The van der Waals surface area contributed by atoms with Gasteiger partial charge in [-0.25, -0.2) is 0 Å². The third-order valence-electron chi connectivity index (χ3n) is 3.28. The standard InChI is InChI=1S/C13H26O2/c1-4-8-12-9-7-10-13(11-12,14-5-2)15-6-3/h12H,4-11H2,1-3H3. The van der Waals surface area contributed by atoms with Gasteiger partial charge >= 0.3 is 0 Å². The molecule has 2 heteroatoms. The monoisotopic (exact) mass is 214 g/mol. The third-order valence-corrected chi connectivity index (χ3v) is 3.28. The zero-order valence-corrected chi connectivity index (χ0v) is 10.6. The SMILES string of the molecule is CCCC1CCCC(OCC)(OCC)C1. The topological polar surface area (TPSA) is 18.5 Å². The van der Waals surface area contributed by atoms with Crippen LogP contribution in [0, 0.1) is 5.92 Å². The minimum absolute atomic E-state index is 0.248. The van der Waals surface area contributed by atoms with Crippen LogP contribution in [0.2, 0.25) is 0 Å². The Morgan fingerprint density at radius 1 is 1.13 bits per heavy atom. The molecule has 2 nitrogen and oxygen atoms in total. The van der Waals surface area contributed by atoms with Crippen LogP contribution in [0.25, 0.3) is 0 Å². The van der Waals surface area contributed by atoms with Gasteiger partial charge in [0.1, 0.15) is 0 Å². The summed E-state index contributed by atoms with van der Waals surface area (Å²) in [6.07, 6.45) is 7.39. The Hall–Kier alpha value is -0.0800. The van der Waals surface area contributed by atoms with Crippen LogP contribution in [0.3, 0.4) is 0 Å². The Morgan fingerprint density at radius 2 is 1.80 bits per heavy atom. The molecular formula is C13H26O2. The lowest BCUT2D eigenvalue weighted by Gasteiger charge is -2.40. The van der Waals surface area contributed by atoms with Gasteiger partial charge in [0.2, 0.25) is 0 Å². The van der Waals surface area contributed by atoms with E-state index in [1.165, 1.54) is 25.7 Å². The average Bonchev–Trinajstić information content (AvgIpc) is 2.19. The molecule has 0 spiro atoms. The van der Waals surface area contributed by atoms with E-state index in [1.807, 2.05) is 0 Å². The molecule has 0 amide bonds. The smallest absolute Gasteiger partial charge is 0.168 e. The predicted molar refractivity (Wildman–Crippen MR) is 62.8 cm³/mol. The Kier molecular flexibility index (Phi) is 5.62. The van der Waals surface area contributed by atoms with Crippen LogP contribution in [0.4, 0.5) is 0 Å². The van der Waals surface area contributed by atoms with Gasteiger partial charge in [0.25, 0.3) is 0 Å². The van der Waals surface area contributed by atoms with Crippen LogP contribution in [0.1, 0.15) is 59.3 Å². The largest absolute Gasteiger partial charge is 0.350 e. The first kappa shape index (κ1) is 13.0. The van der Waals surface area contributed by atoms with E-state index in [2.05, 4.69) is 20.8 Å². The fourth-order valence-electron chi connectivity index (χ4n) is 2.79. The molecule has 0 saturated heterocycles. The van der Waals surface area contributed by atoms with Crippen molar-refractivity contribution >= 4 is 0 Å². The van der Waals surface area contributed by atoms with E-state index >= 15 is 0 Å². The van der Waals surface area contributed by atoms with Gasteiger partial charge in [-0.1, -0.05) is 26.2 Å². The molecule has 0 aliphatic heterocycles. The molecule has 1 unspecified atom stereocenters. The summed E-state index contributed by atoms with van der Waals surface area (Å²) in [4.78, 5) is 0. The molecule has 15 heavy (non-hydrogen) atoms. The maximum atomic E-state index is 5.87. The maximum absolute atomic E-state index is 5.87. The molecule has 0 aromatic rings. The lowest BCUT2D eigenvalue weighted by molar-refractivity contribution is -0.255. The van der Waals surface area contributed by atoms with E-state index < -0.39 is 0 Å². The Labute approximate surface area is 94.3 Å². The van der Waals surface area contributed by atoms with Crippen LogP contribution >= 0.6 is 0 Å². The van der Waals surface area contributed by atoms with Gasteiger partial charge in [0.05, 0.1) is 0 Å². The lowest BCUT2D eigenvalue weighted by Crippen LogP contribution is -2.41. The van der Waals surface area contributed by atoms with E-state index in [9.17, 15) is 0 Å². The summed E-state index contributed by atoms with van der Waals surface area (Å²) in [6.45, 7) is 7.91. The number of rotatable bonds is 6. The van der Waals surface area contributed by atoms with Crippen molar-refractivity contribution in [2.75, 3.05) is 13.2 Å². The zero-order valence-electron chi connectivity index (χ0n) is 10.6. The van der Waals surface area contributed by atoms with Crippen LogP contribution in [-0.4, -0.2) is 19.0 Å². The number of hydrogen-bond donors (Lipinski definition) is 0. The van der Waals surface area contributed by atoms with Crippen molar-refractivity contribution in [1.82, 2.24) is 0 Å². The highest BCUT2D eigenvalue weighted by molar-refractivity contribution is 4.80. The Morgan fingerprint density at radius 3 is 2.33 bits per heavy atom. The molecule has 1 aliphatic rings. The highest BCUT2D eigenvalue weighted by atomic mass is 16.7. The summed E-state index contributed by atoms with van der Waals surface area (Å²) in [5, 5.41) is 0. The summed E-state index contributed by atoms with van der Waals surface area (Å²) < 4.78 is 11.7. The van der Waals surface area contributed by atoms with Gasteiger partial charge in [0.15, 0.2) is 5.79 Å². The fraction of sp³-hybridized carbons (Fsp3) is 1.00. The van der Waals surface area contributed by atoms with Crippen molar-refractivity contribution in [2.24, 2.45) is 5.92 Å². The molecule has 90 valence electrons. The first-order valence-electron chi connectivity index (χ1n) is 6.54. The first-order valence-corrected chi connectivity index (χ1v) is 6.54. The van der Waals surface area contributed by atoms with Gasteiger partial charge in [-0.3, -0.25) is 0 Å². The second-order valence-electron chi connectivity index (χ2n) is 4.53. The molecule has 1 saturated carbocycles. The van der Waals surface area contributed by atoms with E-state index in [-0.39, 0.29) is 5.79 Å². The molecule has 1 aliphatic carbocycles. The fourth-order valence-corrected chi connectivity index (χ4v) is 2.79. The van der Waals surface area contributed by atoms with Crippen LogP contribution in [0.5, 0.6) is 0 Å². The van der Waals surface area contributed by atoms with Crippen molar-refractivity contribution in [3.8, 4) is 0 Å². The summed E-state index contributed by atoms with van der Waals surface area (Å²) >= 11 is 0. The zero-order chi connectivity index (χ0) is 11.1. The van der Waals surface area contributed by atoms with Crippen LogP contribution in [0.15, 0.2) is 0 Å². The summed E-state index contributed by atoms with van der Waals surface area (Å²) in [7, 11) is 0. The Balaban J connectivity index is 2.53. The summed E-state index contributed by atoms with van der Waals surface area (Å²) in [5.74, 6) is 0.559. The highest BCUT2D eigenvalue weighted by Gasteiger charge is 2.37. The van der Waals surface area contributed by atoms with Gasteiger partial charge in [-0.05, 0) is 26.2 Å². The predicted octanol–water partition coefficient (Wildman–Crippen LogP) is 3.75. The molecule has 1 rings (SSSR count). The van der Waals surface area contributed by atoms with Gasteiger partial charge in [-0.15, -0.1) is 0 Å². The second-order valence-corrected chi connectivity index (χ2v) is 4.53. The number of hydrogen-bond acceptors (Lipinski definition) is 2. The molecule has 0 aromatic carbocycles. The van der Waals surface area contributed by atoms with E-state index in [0.29, 0.717) is 0 Å². The normalized spacial score (nSPS) is 25.4. The van der Waals surface area contributed by atoms with Crippen molar-refractivity contribution in [3.05, 3.63) is 0 Å². The van der Waals surface area contributed by atoms with E-state index in [1.54, 1.807) is 0 Å². The first-order chi connectivity index (χ1) is 7.26. The van der Waals surface area contributed by atoms with E-state index in [0.717, 1.165) is 32.0 Å². The van der Waals surface area contributed by atoms with Crippen molar-refractivity contribution < 1.29 is 9.47 Å². The molecular weight excluding hydrogens is 188 g/mol. The summed E-state index contributed by atoms with van der Waals surface area (Å²) in [5.41, 5.74) is 0. The van der Waals surface area contributed by atoms with Gasteiger partial charge in [-0.2, -0.15) is 0 Å². The minimum atomic E-state index is -0.248. The van der Waals surface area contributed by atoms with E-state index in [4.69, 9.17) is 9.47 Å². The molecule has 0 bridgehead atoms. The average molecular weight is 214 g/mol. The van der Waals surface area contributed by atoms with Crippen LogP contribution in [-0.2, 0) is 9.47 Å². The quantitative estimate of drug-likeness (QED) is 0.627. The highest BCUT2D eigenvalue weighted by Crippen LogP contribution is 2.38. The summed E-state index contributed by atoms with van der Waals surface area (Å²) in [6, 6.07) is 0. The molecule has 0 heterocycles. The molecule has 0 radical (unpaired) electrons. The van der Waals surface area contributed by atoms with Gasteiger partial charge < -0.3 is 9.47 Å². The minimum Gasteiger partial charge on any atom is -0.350 e. The number of ether oxygens (including phenoxy) is 2. The molecule has 1 atom stereocenters. The second kappa shape index (κ2) is 6.49. The maximum Gasteiger partial charge on any atom is 0.168 e. The molecule has 1 fully saturated rings. The Bertz CT molecular complexity index is 154. The lowest BCUT2D eigenvalue weighted by atomic mass is 9.82. The molecule has 0 N–H and O–H groups in total. The van der Waals surface area contributed by atoms with Gasteiger partial charge in [0, 0.05) is 26.1 Å². The van der Waals surface area contributed by atoms with Crippen LogP contribution < -0.4 is 0 Å².